The van der Waals surface area contributed by atoms with E-state index in [-0.39, 0.29) is 19.1 Å². The topological polar surface area (TPSA) is 105 Å². The summed E-state index contributed by atoms with van der Waals surface area (Å²) in [5, 5.41) is 13.9. The van der Waals surface area contributed by atoms with Gasteiger partial charge in [-0.3, -0.25) is 13.8 Å². The number of carbonyl (C=O) groups is 1. The van der Waals surface area contributed by atoms with Crippen molar-refractivity contribution in [3.05, 3.63) is 60.8 Å². The number of allylic oxidation sites excluding steroid dienone is 9. The Bertz CT molecular complexity index is 1390. The lowest BCUT2D eigenvalue weighted by Crippen LogP contribution is -2.45. The predicted octanol–water partition coefficient (Wildman–Crippen LogP) is 19.7. The molecule has 0 aliphatic heterocycles. The van der Waals surface area contributed by atoms with E-state index in [0.29, 0.717) is 17.4 Å². The lowest BCUT2D eigenvalue weighted by atomic mass is 10.0. The maximum atomic E-state index is 13.0. The number of aliphatic hydroxyl groups excluding tert-OH is 1. The van der Waals surface area contributed by atoms with Crippen LogP contribution in [0.1, 0.15) is 296 Å². The summed E-state index contributed by atoms with van der Waals surface area (Å²) in [5.41, 5.74) is 0. The van der Waals surface area contributed by atoms with Crippen LogP contribution in [0.25, 0.3) is 0 Å². The Kier molecular flexibility index (Phi) is 54.6. The summed E-state index contributed by atoms with van der Waals surface area (Å²) in [6.07, 6.45) is 76.3. The molecule has 74 heavy (non-hydrogen) atoms. The molecule has 0 radical (unpaired) electrons. The fourth-order valence-corrected chi connectivity index (χ4v) is 9.98. The molecule has 0 bridgehead atoms. The average molecular weight is 1060 g/mol. The SMILES string of the molecule is CCCCCCC/C=C\C/C=C\C/C=C\CCCCCCCCCCCCCCCCCCC(=O)NC(COP(=O)(O)OCC[N+](C)(C)C)C(O)/C=C/CC/C=C/CCCCCCCCCCCCCCCCC. The first-order valence-corrected chi connectivity index (χ1v) is 33.2. The fourth-order valence-electron chi connectivity index (χ4n) is 9.24. The predicted molar refractivity (Wildman–Crippen MR) is 323 cm³/mol. The number of nitrogens with zero attached hydrogens (tertiary/aromatic N) is 1. The highest BCUT2D eigenvalue weighted by atomic mass is 31.2. The Morgan fingerprint density at radius 1 is 0.459 bits per heavy atom. The highest BCUT2D eigenvalue weighted by Gasteiger charge is 2.27. The number of rotatable bonds is 58. The van der Waals surface area contributed by atoms with Crippen molar-refractivity contribution in [1.29, 1.82) is 0 Å². The minimum Gasteiger partial charge on any atom is -0.387 e. The molecule has 3 atom stereocenters. The van der Waals surface area contributed by atoms with Gasteiger partial charge in [-0.2, -0.15) is 0 Å². The summed E-state index contributed by atoms with van der Waals surface area (Å²) in [7, 11) is 1.56. The second-order valence-electron chi connectivity index (χ2n) is 22.8. The Labute approximate surface area is 460 Å². The van der Waals surface area contributed by atoms with Gasteiger partial charge in [0.25, 0.3) is 0 Å². The van der Waals surface area contributed by atoms with E-state index in [0.717, 1.165) is 51.4 Å². The smallest absolute Gasteiger partial charge is 0.387 e. The van der Waals surface area contributed by atoms with Crippen LogP contribution in [-0.4, -0.2) is 73.4 Å². The number of hydrogen-bond donors (Lipinski definition) is 3. The van der Waals surface area contributed by atoms with Crippen LogP contribution >= 0.6 is 7.82 Å². The van der Waals surface area contributed by atoms with Gasteiger partial charge in [-0.05, 0) is 70.6 Å². The van der Waals surface area contributed by atoms with E-state index in [9.17, 15) is 19.4 Å². The number of likely N-dealkylation sites (N-methyl/N-ethyl adjacent to an activating group) is 1. The number of unbranched alkanes of at least 4 members (excludes halogenated alkanes) is 37. The number of amides is 1. The molecule has 0 saturated carbocycles. The molecular weight excluding hydrogens is 936 g/mol. The monoisotopic (exact) mass is 1060 g/mol. The van der Waals surface area contributed by atoms with Crippen molar-refractivity contribution < 1.29 is 32.9 Å². The third-order valence-corrected chi connectivity index (χ3v) is 15.2. The minimum absolute atomic E-state index is 0.0557. The number of aliphatic hydroxyl groups is 1. The molecule has 434 valence electrons. The number of quaternary nitrogens is 1. The van der Waals surface area contributed by atoms with Gasteiger partial charge in [0.15, 0.2) is 0 Å². The summed E-state index contributed by atoms with van der Waals surface area (Å²) in [5.74, 6) is -0.184. The lowest BCUT2D eigenvalue weighted by molar-refractivity contribution is -0.870. The molecule has 0 aromatic carbocycles. The molecule has 3 unspecified atom stereocenters. The first-order valence-electron chi connectivity index (χ1n) is 31.7. The first kappa shape index (κ1) is 72.2. The number of phosphoric acid groups is 1. The van der Waals surface area contributed by atoms with Gasteiger partial charge in [0.1, 0.15) is 13.2 Å². The van der Waals surface area contributed by atoms with Crippen LogP contribution in [0.4, 0.5) is 0 Å². The van der Waals surface area contributed by atoms with Crippen LogP contribution in [-0.2, 0) is 18.4 Å². The van der Waals surface area contributed by atoms with Gasteiger partial charge < -0.3 is 19.8 Å². The third kappa shape index (κ3) is 57.9. The molecule has 1 amide bonds. The normalized spacial score (nSPS) is 14.2. The minimum atomic E-state index is -4.36. The molecule has 3 N–H and O–H groups in total. The van der Waals surface area contributed by atoms with Crippen molar-refractivity contribution in [2.75, 3.05) is 40.9 Å². The van der Waals surface area contributed by atoms with Crippen LogP contribution in [0.2, 0.25) is 0 Å². The van der Waals surface area contributed by atoms with Crippen LogP contribution in [0, 0.1) is 0 Å². The van der Waals surface area contributed by atoms with Gasteiger partial charge in [-0.15, -0.1) is 0 Å². The average Bonchev–Trinajstić information content (AvgIpc) is 3.36. The molecule has 0 fully saturated rings. The van der Waals surface area contributed by atoms with Crippen molar-refractivity contribution in [3.8, 4) is 0 Å². The maximum Gasteiger partial charge on any atom is 0.472 e. The molecule has 0 aromatic heterocycles. The molecule has 0 aliphatic rings. The zero-order valence-electron chi connectivity index (χ0n) is 49.6. The maximum absolute atomic E-state index is 13.0. The van der Waals surface area contributed by atoms with Crippen LogP contribution in [0.5, 0.6) is 0 Å². The Balaban J connectivity index is 4.14. The van der Waals surface area contributed by atoms with Gasteiger partial charge in [0.05, 0.1) is 39.9 Å². The number of hydrogen-bond acceptors (Lipinski definition) is 5. The van der Waals surface area contributed by atoms with Gasteiger partial charge in [0.2, 0.25) is 5.91 Å². The Hall–Kier alpha value is -1.80. The molecule has 0 aromatic rings. The zero-order valence-corrected chi connectivity index (χ0v) is 50.5. The van der Waals surface area contributed by atoms with Gasteiger partial charge in [-0.1, -0.05) is 280 Å². The summed E-state index contributed by atoms with van der Waals surface area (Å²) in [4.78, 5) is 23.3. The summed E-state index contributed by atoms with van der Waals surface area (Å²) in [6.45, 7) is 4.81. The van der Waals surface area contributed by atoms with Crippen LogP contribution < -0.4 is 5.32 Å². The second-order valence-corrected chi connectivity index (χ2v) is 24.2. The fraction of sp³-hybridized carbons (Fsp3) is 0.831. The zero-order chi connectivity index (χ0) is 54.2. The lowest BCUT2D eigenvalue weighted by Gasteiger charge is -2.25. The molecule has 9 heteroatoms. The summed E-state index contributed by atoms with van der Waals surface area (Å²) in [6, 6.07) is -0.866. The Morgan fingerprint density at radius 3 is 1.18 bits per heavy atom. The van der Waals surface area contributed by atoms with Gasteiger partial charge in [-0.25, -0.2) is 4.57 Å². The highest BCUT2D eigenvalue weighted by Crippen LogP contribution is 2.43. The van der Waals surface area contributed by atoms with Crippen LogP contribution in [0.3, 0.4) is 0 Å². The molecule has 8 nitrogen and oxygen atoms in total. The standard InChI is InChI=1S/C65H123N2O6P/c1-6-8-10-12-14-16-18-20-22-24-26-28-29-30-31-32-33-34-35-36-37-39-41-43-45-47-49-51-53-55-57-59-65(69)66-63(62-73-74(70,71)72-61-60-67(3,4)5)64(68)58-56-54-52-50-48-46-44-42-40-38-27-25-23-21-19-17-15-13-11-9-7-2/h18,20,24,26,29-30,48,50,56,58,63-64,68H,6-17,19,21-23,25,27-28,31-47,49,51-55,57,59-62H2,1-5H3,(H-,66,69,70,71)/p+1/b20-18-,26-24-,30-29-,50-48+,58-56+. The van der Waals surface area contributed by atoms with Crippen LogP contribution in [0.15, 0.2) is 60.8 Å². The van der Waals surface area contributed by atoms with Crippen molar-refractivity contribution in [3.63, 3.8) is 0 Å². The number of phosphoric ester groups is 1. The third-order valence-electron chi connectivity index (χ3n) is 14.2. The number of nitrogens with one attached hydrogen (secondary N) is 1. The molecule has 0 rings (SSSR count). The van der Waals surface area contributed by atoms with E-state index in [1.807, 2.05) is 27.2 Å². The number of carbonyl (C=O) groups excluding carboxylic acids is 1. The quantitative estimate of drug-likeness (QED) is 0.0243. The molecule has 0 saturated heterocycles. The van der Waals surface area contributed by atoms with Crippen molar-refractivity contribution >= 4 is 13.7 Å². The second kappa shape index (κ2) is 55.9. The van der Waals surface area contributed by atoms with Crippen molar-refractivity contribution in [2.45, 2.75) is 309 Å². The van der Waals surface area contributed by atoms with E-state index in [1.54, 1.807) is 6.08 Å². The van der Waals surface area contributed by atoms with E-state index in [4.69, 9.17) is 9.05 Å². The van der Waals surface area contributed by atoms with E-state index >= 15 is 0 Å². The molecule has 0 heterocycles. The molecular formula is C65H124N2O6P+. The van der Waals surface area contributed by atoms with Gasteiger partial charge in [0, 0.05) is 6.42 Å². The Morgan fingerprint density at radius 2 is 0.784 bits per heavy atom. The molecule has 0 spiro atoms. The first-order chi connectivity index (χ1) is 36.0. The largest absolute Gasteiger partial charge is 0.472 e. The summed E-state index contributed by atoms with van der Waals surface area (Å²) >= 11 is 0. The van der Waals surface area contributed by atoms with Crippen molar-refractivity contribution in [2.24, 2.45) is 0 Å². The van der Waals surface area contributed by atoms with Crippen molar-refractivity contribution in [1.82, 2.24) is 5.32 Å². The van der Waals surface area contributed by atoms with E-state index in [1.165, 1.54) is 225 Å². The van der Waals surface area contributed by atoms with E-state index < -0.39 is 20.0 Å². The summed E-state index contributed by atoms with van der Waals surface area (Å²) < 4.78 is 23.7. The van der Waals surface area contributed by atoms with Gasteiger partial charge >= 0.3 is 7.82 Å². The van der Waals surface area contributed by atoms with E-state index in [2.05, 4.69) is 67.8 Å². The molecule has 0 aliphatic carbocycles. The highest BCUT2D eigenvalue weighted by molar-refractivity contribution is 7.47.